The zero-order valence-electron chi connectivity index (χ0n) is 12.3. The van der Waals surface area contributed by atoms with Crippen LogP contribution in [-0.4, -0.2) is 36.7 Å². The Morgan fingerprint density at radius 3 is 3.13 bits per heavy atom. The molecule has 0 aliphatic carbocycles. The van der Waals surface area contributed by atoms with Crippen molar-refractivity contribution in [2.24, 2.45) is 0 Å². The molecule has 1 atom stereocenters. The molecule has 5 nitrogen and oxygen atoms in total. The molecule has 2 heterocycles. The van der Waals surface area contributed by atoms with E-state index in [0.717, 1.165) is 6.54 Å². The molecule has 23 heavy (non-hydrogen) atoms. The summed E-state index contributed by atoms with van der Waals surface area (Å²) in [5.74, 6) is -0.414. The minimum absolute atomic E-state index is 0. The Morgan fingerprint density at radius 1 is 1.52 bits per heavy atom. The molecule has 1 aliphatic rings. The lowest BCUT2D eigenvalue weighted by atomic mass is 10.2. The number of aromatic nitrogens is 1. The molecule has 2 aromatic rings. The Labute approximate surface area is 143 Å². The number of amides is 1. The van der Waals surface area contributed by atoms with Gasteiger partial charge < -0.3 is 15.4 Å². The molecule has 0 radical (unpaired) electrons. The molecule has 3 rings (SSSR count). The molecule has 1 amide bonds. The third-order valence-corrected chi connectivity index (χ3v) is 4.06. The second-order valence-corrected chi connectivity index (χ2v) is 5.88. The van der Waals surface area contributed by atoms with Crippen molar-refractivity contribution in [3.63, 3.8) is 0 Å². The zero-order valence-corrected chi connectivity index (χ0v) is 13.9. The molecule has 124 valence electrons. The number of benzene rings is 1. The van der Waals surface area contributed by atoms with Crippen molar-refractivity contribution in [3.05, 3.63) is 35.5 Å². The lowest BCUT2D eigenvalue weighted by Crippen LogP contribution is -2.43. The normalized spacial score (nSPS) is 17.3. The summed E-state index contributed by atoms with van der Waals surface area (Å²) in [6, 6.07) is 6.27. The highest BCUT2D eigenvalue weighted by molar-refractivity contribution is 7.14. The fourth-order valence-corrected chi connectivity index (χ4v) is 2.99. The van der Waals surface area contributed by atoms with Gasteiger partial charge in [0.25, 0.3) is 0 Å². The van der Waals surface area contributed by atoms with E-state index >= 15 is 0 Å². The first-order chi connectivity index (χ1) is 10.7. The molecule has 1 aromatic carbocycles. The van der Waals surface area contributed by atoms with Crippen molar-refractivity contribution >= 4 is 34.8 Å². The lowest BCUT2D eigenvalue weighted by Gasteiger charge is -2.22. The van der Waals surface area contributed by atoms with Gasteiger partial charge in [0.1, 0.15) is 5.82 Å². The molecule has 0 spiro atoms. The fourth-order valence-electron chi connectivity index (χ4n) is 2.26. The van der Waals surface area contributed by atoms with E-state index in [1.165, 1.54) is 23.5 Å². The van der Waals surface area contributed by atoms with Gasteiger partial charge in [0, 0.05) is 30.0 Å². The number of rotatable bonds is 4. The number of thiazole rings is 1. The Bertz CT molecular complexity index is 662. The van der Waals surface area contributed by atoms with Crippen molar-refractivity contribution in [1.29, 1.82) is 0 Å². The highest BCUT2D eigenvalue weighted by Crippen LogP contribution is 2.25. The van der Waals surface area contributed by atoms with E-state index in [1.54, 1.807) is 17.5 Å². The lowest BCUT2D eigenvalue weighted by molar-refractivity contribution is -0.117. The Hall–Kier alpha value is -1.54. The van der Waals surface area contributed by atoms with Gasteiger partial charge in [-0.2, -0.15) is 0 Å². The molecule has 1 aliphatic heterocycles. The number of nitrogens with one attached hydrogen (secondary N) is 2. The van der Waals surface area contributed by atoms with E-state index < -0.39 is 0 Å². The number of hydrogen-bond donors (Lipinski definition) is 2. The van der Waals surface area contributed by atoms with Crippen molar-refractivity contribution < 1.29 is 13.9 Å². The van der Waals surface area contributed by atoms with Crippen LogP contribution in [0.1, 0.15) is 6.42 Å². The number of hydrogen-bond acceptors (Lipinski definition) is 5. The largest absolute Gasteiger partial charge is 0.378 e. The van der Waals surface area contributed by atoms with Crippen LogP contribution in [0, 0.1) is 5.82 Å². The maximum absolute atomic E-state index is 13.2. The van der Waals surface area contributed by atoms with Crippen LogP contribution in [0.2, 0.25) is 0 Å². The Morgan fingerprint density at radius 2 is 2.39 bits per heavy atom. The van der Waals surface area contributed by atoms with Gasteiger partial charge >= 0.3 is 0 Å². The number of nitrogens with zero attached hydrogens (tertiary/aromatic N) is 1. The van der Waals surface area contributed by atoms with Crippen LogP contribution in [0.4, 0.5) is 9.52 Å². The summed E-state index contributed by atoms with van der Waals surface area (Å²) in [6.45, 7) is 1.99. The summed E-state index contributed by atoms with van der Waals surface area (Å²) in [4.78, 5) is 16.3. The number of anilines is 1. The first kappa shape index (κ1) is 17.8. The van der Waals surface area contributed by atoms with E-state index in [9.17, 15) is 9.18 Å². The van der Waals surface area contributed by atoms with Gasteiger partial charge in [0.2, 0.25) is 5.91 Å². The summed E-state index contributed by atoms with van der Waals surface area (Å²) in [6.07, 6.45) is 0.342. The van der Waals surface area contributed by atoms with Crippen LogP contribution < -0.4 is 10.6 Å². The van der Waals surface area contributed by atoms with Gasteiger partial charge in [0.05, 0.1) is 18.9 Å². The van der Waals surface area contributed by atoms with Crippen LogP contribution in [0.15, 0.2) is 29.6 Å². The number of carbonyl (C=O) groups is 1. The highest BCUT2D eigenvalue weighted by atomic mass is 35.5. The number of morpholine rings is 1. The third-order valence-electron chi connectivity index (χ3n) is 3.30. The number of halogens is 2. The predicted octanol–water partition coefficient (Wildman–Crippen LogP) is 2.69. The van der Waals surface area contributed by atoms with Gasteiger partial charge in [-0.25, -0.2) is 9.37 Å². The Balaban J connectivity index is 0.00000192. The van der Waals surface area contributed by atoms with E-state index in [1.807, 2.05) is 0 Å². The first-order valence-electron chi connectivity index (χ1n) is 7.03. The van der Waals surface area contributed by atoms with Crippen LogP contribution >= 0.6 is 23.7 Å². The van der Waals surface area contributed by atoms with Crippen LogP contribution in [0.5, 0.6) is 0 Å². The molecule has 0 saturated carbocycles. The van der Waals surface area contributed by atoms with Gasteiger partial charge in [-0.15, -0.1) is 23.7 Å². The minimum atomic E-state index is -0.306. The average Bonchev–Trinajstić information content (AvgIpc) is 2.96. The molecule has 8 heteroatoms. The minimum Gasteiger partial charge on any atom is -0.378 e. The molecular formula is C15H17ClFN3O2S. The first-order valence-corrected chi connectivity index (χ1v) is 7.91. The molecule has 2 N–H and O–H groups in total. The standard InChI is InChI=1S/C15H16FN3O2S.ClH/c16-11-3-1-2-10(6-11)13-9-22-15(18-13)19-14(20)7-12-8-21-5-4-17-12;/h1-3,6,9,12,17H,4-5,7-8H2,(H,18,19,20);1H. The SMILES string of the molecule is Cl.O=C(CC1COCCN1)Nc1nc(-c2cccc(F)c2)cs1. The molecule has 1 unspecified atom stereocenters. The van der Waals surface area contributed by atoms with E-state index in [4.69, 9.17) is 4.74 Å². The monoisotopic (exact) mass is 357 g/mol. The summed E-state index contributed by atoms with van der Waals surface area (Å²) in [5, 5.41) is 8.31. The van der Waals surface area contributed by atoms with Crippen LogP contribution in [-0.2, 0) is 9.53 Å². The van der Waals surface area contributed by atoms with Crippen LogP contribution in [0.3, 0.4) is 0 Å². The predicted molar refractivity (Wildman–Crippen MR) is 90.6 cm³/mol. The van der Waals surface area contributed by atoms with E-state index in [-0.39, 0.29) is 30.2 Å². The van der Waals surface area contributed by atoms with E-state index in [2.05, 4.69) is 15.6 Å². The molecule has 0 bridgehead atoms. The molecular weight excluding hydrogens is 341 g/mol. The summed E-state index contributed by atoms with van der Waals surface area (Å²) < 4.78 is 18.5. The highest BCUT2D eigenvalue weighted by Gasteiger charge is 2.17. The molecule has 1 fully saturated rings. The van der Waals surface area contributed by atoms with Crippen LogP contribution in [0.25, 0.3) is 11.3 Å². The van der Waals surface area contributed by atoms with Crippen molar-refractivity contribution in [2.75, 3.05) is 25.1 Å². The third kappa shape index (κ3) is 4.97. The van der Waals surface area contributed by atoms with Crippen molar-refractivity contribution in [3.8, 4) is 11.3 Å². The number of ether oxygens (including phenoxy) is 1. The van der Waals surface area contributed by atoms with Gasteiger partial charge in [-0.3, -0.25) is 4.79 Å². The topological polar surface area (TPSA) is 63.2 Å². The second kappa shape index (κ2) is 8.35. The fraction of sp³-hybridized carbons (Fsp3) is 0.333. The summed E-state index contributed by atoms with van der Waals surface area (Å²) >= 11 is 1.32. The molecule has 1 aromatic heterocycles. The maximum atomic E-state index is 13.2. The van der Waals surface area contributed by atoms with Gasteiger partial charge in [0.15, 0.2) is 5.13 Å². The summed E-state index contributed by atoms with van der Waals surface area (Å²) in [7, 11) is 0. The van der Waals surface area contributed by atoms with Gasteiger partial charge in [-0.1, -0.05) is 12.1 Å². The van der Waals surface area contributed by atoms with E-state index in [0.29, 0.717) is 36.0 Å². The van der Waals surface area contributed by atoms with Crippen molar-refractivity contribution in [2.45, 2.75) is 12.5 Å². The Kier molecular flexibility index (Phi) is 6.47. The number of carbonyl (C=O) groups excluding carboxylic acids is 1. The average molecular weight is 358 g/mol. The molecule has 1 saturated heterocycles. The maximum Gasteiger partial charge on any atom is 0.227 e. The smallest absolute Gasteiger partial charge is 0.227 e. The summed E-state index contributed by atoms with van der Waals surface area (Å²) in [5.41, 5.74) is 1.35. The second-order valence-electron chi connectivity index (χ2n) is 5.03. The quantitative estimate of drug-likeness (QED) is 0.883. The zero-order chi connectivity index (χ0) is 15.4. The van der Waals surface area contributed by atoms with Crippen molar-refractivity contribution in [1.82, 2.24) is 10.3 Å². The van der Waals surface area contributed by atoms with Gasteiger partial charge in [-0.05, 0) is 12.1 Å².